The Kier molecular flexibility index (Phi) is 5.89. The van der Waals surface area contributed by atoms with E-state index in [4.69, 9.17) is 5.11 Å². The van der Waals surface area contributed by atoms with E-state index in [0.29, 0.717) is 18.8 Å². The van der Waals surface area contributed by atoms with Crippen molar-refractivity contribution < 1.29 is 19.9 Å². The van der Waals surface area contributed by atoms with Crippen molar-refractivity contribution in [1.29, 1.82) is 0 Å². The minimum absolute atomic E-state index is 0.0367. The third-order valence-corrected chi connectivity index (χ3v) is 3.77. The van der Waals surface area contributed by atoms with E-state index in [-0.39, 0.29) is 23.7 Å². The number of carbonyl (C=O) groups is 1. The maximum absolute atomic E-state index is 12.5. The molecule has 23 heavy (non-hydrogen) atoms. The molecule has 0 radical (unpaired) electrons. The lowest BCUT2D eigenvalue weighted by atomic mass is 10.1. The second-order valence-electron chi connectivity index (χ2n) is 5.60. The predicted molar refractivity (Wildman–Crippen MR) is 84.4 cm³/mol. The van der Waals surface area contributed by atoms with Crippen LogP contribution >= 0.6 is 0 Å². The van der Waals surface area contributed by atoms with Crippen LogP contribution in [0.4, 0.5) is 11.4 Å². The molecule has 1 saturated heterocycles. The molecule has 1 atom stereocenters. The van der Waals surface area contributed by atoms with Gasteiger partial charge in [0.1, 0.15) is 0 Å². The number of benzene rings is 1. The Bertz CT molecular complexity index is 572. The van der Waals surface area contributed by atoms with Crippen molar-refractivity contribution in [1.82, 2.24) is 4.90 Å². The molecule has 0 spiro atoms. The number of anilines is 1. The molecule has 1 aromatic carbocycles. The van der Waals surface area contributed by atoms with Gasteiger partial charge in [0.05, 0.1) is 17.6 Å². The van der Waals surface area contributed by atoms with Crippen molar-refractivity contribution in [3.05, 3.63) is 33.9 Å². The van der Waals surface area contributed by atoms with Gasteiger partial charge >= 0.3 is 0 Å². The number of aliphatic hydroxyl groups excluding tert-OH is 2. The van der Waals surface area contributed by atoms with Gasteiger partial charge in [0.2, 0.25) is 0 Å². The van der Waals surface area contributed by atoms with Gasteiger partial charge in [0.25, 0.3) is 11.6 Å². The fourth-order valence-electron chi connectivity index (χ4n) is 2.52. The molecule has 0 aliphatic carbocycles. The second-order valence-corrected chi connectivity index (χ2v) is 5.60. The second kappa shape index (κ2) is 7.89. The molecule has 1 aliphatic heterocycles. The van der Waals surface area contributed by atoms with Gasteiger partial charge < -0.3 is 20.4 Å². The summed E-state index contributed by atoms with van der Waals surface area (Å²) in [5.74, 6) is -0.223. The standard InChI is InChI=1S/C15H21N3O5/c19-10-14(20)9-16-12-6-11(7-13(8-12)18(22)23)15(21)17-4-2-1-3-5-17/h6-8,14,16,19-20H,1-5,9-10H2. The maximum Gasteiger partial charge on any atom is 0.272 e. The van der Waals surface area contributed by atoms with Crippen LogP contribution in [0.3, 0.4) is 0 Å². The Morgan fingerprint density at radius 2 is 2.00 bits per heavy atom. The smallest absolute Gasteiger partial charge is 0.272 e. The SMILES string of the molecule is O=C(c1cc(NCC(O)CO)cc([N+](=O)[O-])c1)N1CCCCC1. The summed E-state index contributed by atoms with van der Waals surface area (Å²) in [6.07, 6.45) is 1.99. The molecule has 0 bridgehead atoms. The van der Waals surface area contributed by atoms with Crippen molar-refractivity contribution in [3.63, 3.8) is 0 Å². The van der Waals surface area contributed by atoms with Crippen LogP contribution in [0.5, 0.6) is 0 Å². The van der Waals surface area contributed by atoms with Crippen LogP contribution < -0.4 is 5.32 Å². The van der Waals surface area contributed by atoms with Crippen molar-refractivity contribution in [3.8, 4) is 0 Å². The Balaban J connectivity index is 2.21. The zero-order chi connectivity index (χ0) is 16.8. The van der Waals surface area contributed by atoms with Crippen molar-refractivity contribution in [2.24, 2.45) is 0 Å². The zero-order valence-electron chi connectivity index (χ0n) is 12.8. The summed E-state index contributed by atoms with van der Waals surface area (Å²) < 4.78 is 0. The number of carbonyl (C=O) groups excluding carboxylic acids is 1. The number of rotatable bonds is 6. The fourth-order valence-corrected chi connectivity index (χ4v) is 2.52. The summed E-state index contributed by atoms with van der Waals surface area (Å²) in [5.41, 5.74) is 0.433. The number of non-ortho nitro benzene ring substituents is 1. The number of nitro groups is 1. The number of hydrogen-bond acceptors (Lipinski definition) is 6. The molecule has 8 heteroatoms. The molecule has 0 saturated carbocycles. The number of nitrogens with zero attached hydrogens (tertiary/aromatic N) is 2. The third-order valence-electron chi connectivity index (χ3n) is 3.77. The van der Waals surface area contributed by atoms with Gasteiger partial charge in [-0.1, -0.05) is 0 Å². The number of hydrogen-bond donors (Lipinski definition) is 3. The number of nitro benzene ring substituents is 1. The molecule has 1 unspecified atom stereocenters. The highest BCUT2D eigenvalue weighted by Crippen LogP contribution is 2.23. The zero-order valence-corrected chi connectivity index (χ0v) is 12.8. The summed E-state index contributed by atoms with van der Waals surface area (Å²) in [4.78, 5) is 24.7. The highest BCUT2D eigenvalue weighted by molar-refractivity contribution is 5.96. The lowest BCUT2D eigenvalue weighted by Crippen LogP contribution is -2.35. The van der Waals surface area contributed by atoms with Crippen LogP contribution in [0.1, 0.15) is 29.6 Å². The topological polar surface area (TPSA) is 116 Å². The van der Waals surface area contributed by atoms with E-state index < -0.39 is 17.6 Å². The highest BCUT2D eigenvalue weighted by Gasteiger charge is 2.21. The predicted octanol–water partition coefficient (Wildman–Crippen LogP) is 0.986. The molecule has 1 aromatic rings. The third kappa shape index (κ3) is 4.64. The summed E-state index contributed by atoms with van der Waals surface area (Å²) in [6, 6.07) is 4.11. The van der Waals surface area contributed by atoms with E-state index >= 15 is 0 Å². The van der Waals surface area contributed by atoms with Gasteiger partial charge in [-0.2, -0.15) is 0 Å². The molecule has 1 aliphatic rings. The minimum atomic E-state index is -0.976. The van der Waals surface area contributed by atoms with Gasteiger partial charge in [0.15, 0.2) is 0 Å². The Morgan fingerprint density at radius 1 is 1.30 bits per heavy atom. The van der Waals surface area contributed by atoms with E-state index in [9.17, 15) is 20.0 Å². The van der Waals surface area contributed by atoms with Crippen LogP contribution in [0.2, 0.25) is 0 Å². The summed E-state index contributed by atoms with van der Waals surface area (Å²) in [5, 5.41) is 32.0. The molecular formula is C15H21N3O5. The van der Waals surface area contributed by atoms with Gasteiger partial charge in [-0.3, -0.25) is 14.9 Å². The normalized spacial score (nSPS) is 16.0. The molecule has 126 valence electrons. The molecule has 3 N–H and O–H groups in total. The quantitative estimate of drug-likeness (QED) is 0.531. The van der Waals surface area contributed by atoms with E-state index in [1.54, 1.807) is 4.90 Å². The lowest BCUT2D eigenvalue weighted by Gasteiger charge is -2.26. The summed E-state index contributed by atoms with van der Waals surface area (Å²) in [7, 11) is 0. The van der Waals surface area contributed by atoms with Crippen molar-refractivity contribution in [2.45, 2.75) is 25.4 Å². The van der Waals surface area contributed by atoms with Crippen LogP contribution in [0.15, 0.2) is 18.2 Å². The lowest BCUT2D eigenvalue weighted by molar-refractivity contribution is -0.384. The number of aliphatic hydroxyl groups is 2. The van der Waals surface area contributed by atoms with E-state index in [0.717, 1.165) is 19.3 Å². The van der Waals surface area contributed by atoms with Crippen LogP contribution in [-0.2, 0) is 0 Å². The Morgan fingerprint density at radius 3 is 2.61 bits per heavy atom. The first kappa shape index (κ1) is 17.2. The van der Waals surface area contributed by atoms with Gasteiger partial charge in [-0.25, -0.2) is 0 Å². The van der Waals surface area contributed by atoms with Gasteiger partial charge in [-0.15, -0.1) is 0 Å². The molecule has 8 nitrogen and oxygen atoms in total. The van der Waals surface area contributed by atoms with E-state index in [2.05, 4.69) is 5.32 Å². The summed E-state index contributed by atoms with van der Waals surface area (Å²) >= 11 is 0. The van der Waals surface area contributed by atoms with Crippen LogP contribution in [-0.4, -0.2) is 58.3 Å². The highest BCUT2D eigenvalue weighted by atomic mass is 16.6. The van der Waals surface area contributed by atoms with Crippen LogP contribution in [0, 0.1) is 10.1 Å². The largest absolute Gasteiger partial charge is 0.394 e. The molecule has 2 rings (SSSR count). The molecule has 1 heterocycles. The van der Waals surface area contributed by atoms with E-state index in [1.807, 2.05) is 0 Å². The number of likely N-dealkylation sites (tertiary alicyclic amines) is 1. The van der Waals surface area contributed by atoms with Crippen LogP contribution in [0.25, 0.3) is 0 Å². The van der Waals surface area contributed by atoms with E-state index in [1.165, 1.54) is 18.2 Å². The maximum atomic E-state index is 12.5. The van der Waals surface area contributed by atoms with Gasteiger partial charge in [-0.05, 0) is 25.3 Å². The molecule has 1 amide bonds. The average molecular weight is 323 g/mol. The number of amides is 1. The first-order valence-electron chi connectivity index (χ1n) is 7.63. The molecule has 1 fully saturated rings. The van der Waals surface area contributed by atoms with Crippen molar-refractivity contribution >= 4 is 17.3 Å². The van der Waals surface area contributed by atoms with Crippen molar-refractivity contribution in [2.75, 3.05) is 31.6 Å². The average Bonchev–Trinajstić information content (AvgIpc) is 2.59. The monoisotopic (exact) mass is 323 g/mol. The Hall–Kier alpha value is -2.19. The van der Waals surface area contributed by atoms with Gasteiger partial charge in [0, 0.05) is 43.0 Å². The first-order chi connectivity index (χ1) is 11.0. The Labute approximate surface area is 133 Å². The fraction of sp³-hybridized carbons (Fsp3) is 0.533. The minimum Gasteiger partial charge on any atom is -0.394 e. The molecular weight excluding hydrogens is 302 g/mol. The number of nitrogens with one attached hydrogen (secondary N) is 1. The molecule has 0 aromatic heterocycles. The number of piperidine rings is 1. The summed E-state index contributed by atoms with van der Waals surface area (Å²) in [6.45, 7) is 0.942. The first-order valence-corrected chi connectivity index (χ1v) is 7.63.